The second-order valence-electron chi connectivity index (χ2n) is 13.2. The van der Waals surface area contributed by atoms with Crippen molar-refractivity contribution in [3.63, 3.8) is 0 Å². The Labute approximate surface area is 356 Å². The summed E-state index contributed by atoms with van der Waals surface area (Å²) in [6.45, 7) is 6.28. The molecule has 0 aromatic carbocycles. The minimum absolute atomic E-state index is 0.00434. The lowest BCUT2D eigenvalue weighted by Crippen LogP contribution is -1.92. The van der Waals surface area contributed by atoms with Gasteiger partial charge in [-0.25, -0.2) is 0 Å². The first-order chi connectivity index (χ1) is 27.4. The Balaban J connectivity index is 1.20. The highest BCUT2D eigenvalue weighted by atomic mass is 32.2. The Kier molecular flexibility index (Phi) is 15.3. The molecule has 56 heavy (non-hydrogen) atoms. The van der Waals surface area contributed by atoms with E-state index in [1.807, 2.05) is 28.7 Å². The Hall–Kier alpha value is -4.32. The molecular weight excluding hydrogens is 801 g/mol. The number of thioether (sulfide) groups is 2. The van der Waals surface area contributed by atoms with Crippen LogP contribution in [0.5, 0.6) is 0 Å². The molecule has 0 radical (unpaired) electrons. The molecule has 0 saturated carbocycles. The third-order valence-corrected chi connectivity index (χ3v) is 16.4. The molecule has 0 bridgehead atoms. The van der Waals surface area contributed by atoms with Gasteiger partial charge in [0.2, 0.25) is 10.2 Å². The van der Waals surface area contributed by atoms with Crippen molar-refractivity contribution in [2.45, 2.75) is 91.4 Å². The first-order valence-electron chi connectivity index (χ1n) is 18.7. The molecular formula is C48H38O2S6. The van der Waals surface area contributed by atoms with Crippen LogP contribution >= 0.6 is 68.9 Å². The monoisotopic (exact) mass is 838 g/mol. The number of terminal acetylenes is 1. The van der Waals surface area contributed by atoms with Crippen LogP contribution in [0.2, 0.25) is 0 Å². The van der Waals surface area contributed by atoms with Crippen LogP contribution in [0.1, 0.15) is 98.9 Å². The third-order valence-electron chi connectivity index (χ3n) is 9.06. The smallest absolute Gasteiger partial charge is 0.226 e. The van der Waals surface area contributed by atoms with Crippen molar-refractivity contribution in [3.05, 3.63) is 72.7 Å². The summed E-state index contributed by atoms with van der Waals surface area (Å²) < 4.78 is 0. The maximum atomic E-state index is 13.3. The molecule has 2 aliphatic rings. The molecule has 0 amide bonds. The zero-order valence-corrected chi connectivity index (χ0v) is 36.5. The van der Waals surface area contributed by atoms with Gasteiger partial charge in [0.15, 0.2) is 0 Å². The molecule has 278 valence electrons. The van der Waals surface area contributed by atoms with Crippen molar-refractivity contribution < 1.29 is 9.59 Å². The lowest BCUT2D eigenvalue weighted by atomic mass is 10.0. The van der Waals surface area contributed by atoms with Crippen molar-refractivity contribution in [1.29, 1.82) is 0 Å². The molecule has 4 aromatic rings. The predicted molar refractivity (Wildman–Crippen MR) is 246 cm³/mol. The van der Waals surface area contributed by atoms with Crippen molar-refractivity contribution in [1.82, 2.24) is 0 Å². The van der Waals surface area contributed by atoms with E-state index in [4.69, 9.17) is 6.42 Å². The summed E-state index contributed by atoms with van der Waals surface area (Å²) in [5.74, 6) is 29.1. The van der Waals surface area contributed by atoms with E-state index in [1.165, 1.54) is 105 Å². The van der Waals surface area contributed by atoms with E-state index in [1.54, 1.807) is 18.3 Å². The Morgan fingerprint density at radius 2 is 1.11 bits per heavy atom. The summed E-state index contributed by atoms with van der Waals surface area (Å²) in [6.07, 6.45) is 19.7. The minimum atomic E-state index is -0.0425. The maximum Gasteiger partial charge on any atom is 0.226 e. The highest BCUT2D eigenvalue weighted by molar-refractivity contribution is 8.25. The summed E-state index contributed by atoms with van der Waals surface area (Å²) in [4.78, 5) is 36.7. The first-order valence-corrected chi connectivity index (χ1v) is 23.6. The summed E-state index contributed by atoms with van der Waals surface area (Å²) in [5, 5.41) is -0.0468. The fourth-order valence-corrected chi connectivity index (χ4v) is 13.3. The molecule has 0 saturated heterocycles. The topological polar surface area (TPSA) is 34.1 Å². The summed E-state index contributed by atoms with van der Waals surface area (Å²) in [5.41, 5.74) is 3.48. The van der Waals surface area contributed by atoms with E-state index in [2.05, 4.69) is 109 Å². The zero-order chi connectivity index (χ0) is 39.3. The van der Waals surface area contributed by atoms with E-state index < -0.39 is 0 Å². The molecule has 6 heterocycles. The average molecular weight is 839 g/mol. The number of unbranched alkanes of at least 4 members (excludes halogenated alkanes) is 9. The molecule has 0 fully saturated rings. The molecule has 0 spiro atoms. The summed E-state index contributed by atoms with van der Waals surface area (Å²) >= 11 is 9.29. The number of carbonyl (C=O) groups is 2. The molecule has 6 rings (SSSR count). The molecule has 4 aromatic heterocycles. The van der Waals surface area contributed by atoms with Crippen molar-refractivity contribution in [3.8, 4) is 101 Å². The van der Waals surface area contributed by atoms with Crippen molar-refractivity contribution in [2.24, 2.45) is 0 Å². The van der Waals surface area contributed by atoms with Gasteiger partial charge in [0.05, 0.1) is 10.5 Å². The van der Waals surface area contributed by atoms with Crippen LogP contribution in [0.25, 0.3) is 34.8 Å². The Bertz CT molecular complexity index is 2580. The van der Waals surface area contributed by atoms with Gasteiger partial charge >= 0.3 is 0 Å². The van der Waals surface area contributed by atoms with Crippen LogP contribution in [0.3, 0.4) is 0 Å². The van der Waals surface area contributed by atoms with E-state index in [-0.39, 0.29) is 10.2 Å². The number of hydrogen-bond acceptors (Lipinski definition) is 8. The van der Waals surface area contributed by atoms with Crippen molar-refractivity contribution in [2.75, 3.05) is 0 Å². The van der Waals surface area contributed by atoms with Crippen LogP contribution in [-0.2, 0) is 16.0 Å². The quantitative estimate of drug-likeness (QED) is 0.0882. The predicted octanol–water partition coefficient (Wildman–Crippen LogP) is 13.2. The lowest BCUT2D eigenvalue weighted by Gasteiger charge is -2.04. The third kappa shape index (κ3) is 10.5. The lowest BCUT2D eigenvalue weighted by molar-refractivity contribution is -0.107. The number of aryl methyl sites for hydroxylation is 2. The van der Waals surface area contributed by atoms with E-state index in [9.17, 15) is 9.59 Å². The largest absolute Gasteiger partial charge is 0.282 e. The van der Waals surface area contributed by atoms with Crippen molar-refractivity contribution >= 4 is 84.7 Å². The highest BCUT2D eigenvalue weighted by Gasteiger charge is 2.39. The Morgan fingerprint density at radius 1 is 0.554 bits per heavy atom. The van der Waals surface area contributed by atoms with Gasteiger partial charge in [-0.05, 0) is 151 Å². The van der Waals surface area contributed by atoms with E-state index in [0.717, 1.165) is 59.9 Å². The number of thiophene rings is 4. The molecule has 0 atom stereocenters. The molecule has 2 aliphatic heterocycles. The highest BCUT2D eigenvalue weighted by Crippen LogP contribution is 2.56. The minimum Gasteiger partial charge on any atom is -0.282 e. The number of rotatable bonds is 15. The molecule has 8 heteroatoms. The second-order valence-corrected chi connectivity index (χ2v) is 19.6. The number of fused-ring (bicyclic) bond motifs is 1. The fraction of sp³-hybridized carbons (Fsp3) is 0.292. The van der Waals surface area contributed by atoms with Gasteiger partial charge in [0.1, 0.15) is 0 Å². The van der Waals surface area contributed by atoms with Gasteiger partial charge in [0.25, 0.3) is 0 Å². The Morgan fingerprint density at radius 3 is 1.75 bits per heavy atom. The molecule has 0 unspecified atom stereocenters. The van der Waals surface area contributed by atoms with E-state index >= 15 is 0 Å². The zero-order valence-electron chi connectivity index (χ0n) is 31.6. The summed E-state index contributed by atoms with van der Waals surface area (Å²) in [6, 6.07) is 13.2. The number of hydrogen-bond donors (Lipinski definition) is 0. The van der Waals surface area contributed by atoms with Crippen LogP contribution in [0, 0.1) is 78.5 Å². The van der Waals surface area contributed by atoms with Crippen LogP contribution < -0.4 is 0 Å². The van der Waals surface area contributed by atoms with Gasteiger partial charge < -0.3 is 0 Å². The standard InChI is InChI=1S/C48H38O2S6/c1-5-7-9-11-13-15-17-19-21-23-25-35-31-33(3)51-44(35)39-29-27-37(52-39)38-28-30-40(53-38)45-36(26-24-22-20-18-16-14-12-10-8-6-2)32-41(54-45)42-46-43(55-48(42)50)34(4)47(49)56-46/h2,27-32H,5,7,9,11,13,15,17,19,21,23,25H2,1,3-4H3. The normalized spacial score (nSPS) is 12.8. The van der Waals surface area contributed by atoms with E-state index in [0.29, 0.717) is 11.1 Å². The molecule has 0 N–H and O–H groups in total. The number of carbonyl (C=O) groups excluding carboxylic acids is 2. The summed E-state index contributed by atoms with van der Waals surface area (Å²) in [7, 11) is 0. The average Bonchev–Trinajstić information content (AvgIpc) is 4.05. The van der Waals surface area contributed by atoms with Crippen LogP contribution in [0.15, 0.2) is 51.8 Å². The SMILES string of the molecule is C#CC#CC#CC#CC#CC#Cc1cc(C2=C3SC(=O)C(C)=C3SC2=O)sc1-c1ccc(-c2ccc(-c3sc(C)cc3CCCCCCCCCCCC)s2)s1. The second kappa shape index (κ2) is 20.7. The van der Waals surface area contributed by atoms with Crippen LogP contribution in [-0.4, -0.2) is 10.2 Å². The van der Waals surface area contributed by atoms with Crippen LogP contribution in [0.4, 0.5) is 0 Å². The first kappa shape index (κ1) is 41.3. The molecule has 0 aliphatic carbocycles. The van der Waals surface area contributed by atoms with Gasteiger partial charge in [-0.1, -0.05) is 70.6 Å². The molecule has 2 nitrogen and oxygen atoms in total. The van der Waals surface area contributed by atoms with Gasteiger partial charge in [-0.15, -0.1) is 51.8 Å². The fourth-order valence-electron chi connectivity index (χ4n) is 6.31. The van der Waals surface area contributed by atoms with Gasteiger partial charge in [-0.2, -0.15) is 0 Å². The maximum absolute atomic E-state index is 13.3. The van der Waals surface area contributed by atoms with Gasteiger partial charge in [0, 0.05) is 55.1 Å². The van der Waals surface area contributed by atoms with Gasteiger partial charge in [-0.3, -0.25) is 9.59 Å².